The molecule has 0 bridgehead atoms. The highest BCUT2D eigenvalue weighted by Crippen LogP contribution is 2.21. The van der Waals surface area contributed by atoms with E-state index in [0.29, 0.717) is 12.4 Å². The molecule has 1 aromatic carbocycles. The number of hydrogen-bond donors (Lipinski definition) is 1. The normalized spacial score (nSPS) is 11.1. The maximum Gasteiger partial charge on any atom is 0.246 e. The van der Waals surface area contributed by atoms with E-state index in [2.05, 4.69) is 38.2 Å². The van der Waals surface area contributed by atoms with Gasteiger partial charge < -0.3 is 14.8 Å². The Hall–Kier alpha value is -3.93. The van der Waals surface area contributed by atoms with Gasteiger partial charge in [-0.05, 0) is 47.5 Å². The lowest BCUT2D eigenvalue weighted by atomic mass is 10.1. The summed E-state index contributed by atoms with van der Waals surface area (Å²) in [5, 5.41) is 4.30. The maximum absolute atomic E-state index is 12.6. The van der Waals surface area contributed by atoms with Gasteiger partial charge in [-0.3, -0.25) is 4.79 Å². The molecule has 150 valence electrons. The van der Waals surface area contributed by atoms with Gasteiger partial charge in [0.2, 0.25) is 5.91 Å². The fraction of sp³-hybridized carbons (Fsp3) is 0.125. The smallest absolute Gasteiger partial charge is 0.246 e. The fourth-order valence-corrected chi connectivity index (χ4v) is 3.33. The molecular formula is C24H23N5O. The predicted molar refractivity (Wildman–Crippen MR) is 120 cm³/mol. The van der Waals surface area contributed by atoms with E-state index < -0.39 is 0 Å². The van der Waals surface area contributed by atoms with Crippen LogP contribution in [0.3, 0.4) is 0 Å². The second-order valence-electron chi connectivity index (χ2n) is 7.13. The summed E-state index contributed by atoms with van der Waals surface area (Å²) in [5.41, 5.74) is 3.15. The molecule has 6 heteroatoms. The molecule has 4 aromatic rings. The molecule has 0 saturated carbocycles. The predicted octanol–water partition coefficient (Wildman–Crippen LogP) is 4.38. The third-order valence-electron chi connectivity index (χ3n) is 4.89. The molecule has 0 saturated heterocycles. The van der Waals surface area contributed by atoms with Crippen LogP contribution in [0.25, 0.3) is 17.0 Å². The zero-order valence-corrected chi connectivity index (χ0v) is 17.0. The molecular weight excluding hydrogens is 374 g/mol. The molecule has 0 aliphatic heterocycles. The van der Waals surface area contributed by atoms with Crippen molar-refractivity contribution < 1.29 is 4.79 Å². The van der Waals surface area contributed by atoms with E-state index >= 15 is 0 Å². The molecule has 3 aromatic heterocycles. The van der Waals surface area contributed by atoms with Crippen molar-refractivity contribution in [3.8, 4) is 0 Å². The Morgan fingerprint density at radius 1 is 1.07 bits per heavy atom. The van der Waals surface area contributed by atoms with Gasteiger partial charge in [0.25, 0.3) is 0 Å². The zero-order chi connectivity index (χ0) is 20.9. The molecule has 30 heavy (non-hydrogen) atoms. The largest absolute Gasteiger partial charge is 0.350 e. The summed E-state index contributed by atoms with van der Waals surface area (Å²) in [5.74, 6) is 1.38. The van der Waals surface area contributed by atoms with Crippen LogP contribution in [0.15, 0.2) is 79.3 Å². The van der Waals surface area contributed by atoms with Gasteiger partial charge in [-0.2, -0.15) is 0 Å². The summed E-state index contributed by atoms with van der Waals surface area (Å²) in [6.07, 6.45) is 8.88. The Balaban J connectivity index is 1.39. The number of likely N-dealkylation sites (N-methyl/N-ethyl adjacent to an activating group) is 1. The second-order valence-corrected chi connectivity index (χ2v) is 7.13. The van der Waals surface area contributed by atoms with Crippen LogP contribution in [0.5, 0.6) is 0 Å². The number of fused-ring (bicyclic) bond motifs is 1. The second kappa shape index (κ2) is 8.61. The summed E-state index contributed by atoms with van der Waals surface area (Å²) >= 11 is 0. The first-order valence-electron chi connectivity index (χ1n) is 9.70. The molecule has 6 nitrogen and oxygen atoms in total. The lowest BCUT2D eigenvalue weighted by molar-refractivity contribution is -0.125. The van der Waals surface area contributed by atoms with Crippen LogP contribution in [-0.2, 0) is 18.4 Å². The lowest BCUT2D eigenvalue weighted by Gasteiger charge is -2.14. The van der Waals surface area contributed by atoms with Crippen molar-refractivity contribution in [3.05, 3.63) is 90.4 Å². The number of aryl methyl sites for hydroxylation is 1. The van der Waals surface area contributed by atoms with E-state index in [1.54, 1.807) is 29.4 Å². The van der Waals surface area contributed by atoms with E-state index in [4.69, 9.17) is 0 Å². The van der Waals surface area contributed by atoms with E-state index in [9.17, 15) is 4.79 Å². The van der Waals surface area contributed by atoms with Gasteiger partial charge in [-0.1, -0.05) is 24.3 Å². The van der Waals surface area contributed by atoms with Crippen molar-refractivity contribution in [2.24, 2.45) is 7.05 Å². The van der Waals surface area contributed by atoms with Gasteiger partial charge in [0, 0.05) is 56.2 Å². The number of nitrogens with zero attached hydrogens (tertiary/aromatic N) is 4. The monoisotopic (exact) mass is 397 g/mol. The summed E-state index contributed by atoms with van der Waals surface area (Å²) in [6, 6.07) is 17.6. The molecule has 1 N–H and O–H groups in total. The first-order chi connectivity index (χ1) is 14.6. The quantitative estimate of drug-likeness (QED) is 0.490. The van der Waals surface area contributed by atoms with Gasteiger partial charge in [0.1, 0.15) is 11.6 Å². The first kappa shape index (κ1) is 19.4. The van der Waals surface area contributed by atoms with Crippen molar-refractivity contribution in [3.63, 3.8) is 0 Å². The third-order valence-corrected chi connectivity index (χ3v) is 4.89. The first-order valence-corrected chi connectivity index (χ1v) is 9.70. The minimum absolute atomic E-state index is 0.0568. The lowest BCUT2D eigenvalue weighted by Crippen LogP contribution is -2.24. The molecule has 4 rings (SSSR count). The molecule has 0 aliphatic rings. The Morgan fingerprint density at radius 2 is 1.87 bits per heavy atom. The number of benzene rings is 1. The molecule has 0 unspecified atom stereocenters. The average molecular weight is 397 g/mol. The van der Waals surface area contributed by atoms with E-state index in [1.807, 2.05) is 56.6 Å². The highest BCUT2D eigenvalue weighted by molar-refractivity contribution is 5.92. The number of aromatic nitrogens is 3. The van der Waals surface area contributed by atoms with Crippen LogP contribution in [0.4, 0.5) is 11.6 Å². The molecule has 0 aliphatic carbocycles. The van der Waals surface area contributed by atoms with Gasteiger partial charge in [-0.15, -0.1) is 0 Å². The number of carbonyl (C=O) groups is 1. The number of para-hydroxylation sites is 1. The van der Waals surface area contributed by atoms with Gasteiger partial charge >= 0.3 is 0 Å². The van der Waals surface area contributed by atoms with Crippen LogP contribution >= 0.6 is 0 Å². The van der Waals surface area contributed by atoms with E-state index in [0.717, 1.165) is 22.5 Å². The average Bonchev–Trinajstić information content (AvgIpc) is 3.09. The molecule has 0 fully saturated rings. The molecule has 0 spiro atoms. The Bertz CT molecular complexity index is 1180. The van der Waals surface area contributed by atoms with E-state index in [1.165, 1.54) is 5.39 Å². The summed E-state index contributed by atoms with van der Waals surface area (Å²) in [7, 11) is 3.83. The number of amides is 1. The Morgan fingerprint density at radius 3 is 2.63 bits per heavy atom. The minimum atomic E-state index is -0.0568. The van der Waals surface area contributed by atoms with Gasteiger partial charge in [-0.25, -0.2) is 9.97 Å². The molecule has 1 amide bonds. The van der Waals surface area contributed by atoms with Gasteiger partial charge in [0.05, 0.1) is 0 Å². The summed E-state index contributed by atoms with van der Waals surface area (Å²) < 4.78 is 2.09. The number of rotatable bonds is 6. The van der Waals surface area contributed by atoms with Crippen LogP contribution in [0.1, 0.15) is 11.1 Å². The number of nitrogens with one attached hydrogen (secondary N) is 1. The minimum Gasteiger partial charge on any atom is -0.350 e. The topological polar surface area (TPSA) is 63.1 Å². The van der Waals surface area contributed by atoms with Crippen LogP contribution in [-0.4, -0.2) is 32.4 Å². The number of pyridine rings is 2. The number of hydrogen-bond acceptors (Lipinski definition) is 4. The van der Waals surface area contributed by atoms with Gasteiger partial charge in [0.15, 0.2) is 0 Å². The molecule has 0 radical (unpaired) electrons. The number of carbonyl (C=O) groups excluding carboxylic acids is 1. The van der Waals surface area contributed by atoms with E-state index in [-0.39, 0.29) is 5.91 Å². The van der Waals surface area contributed by atoms with Crippen molar-refractivity contribution in [1.29, 1.82) is 0 Å². The van der Waals surface area contributed by atoms with Crippen molar-refractivity contribution in [2.45, 2.75) is 6.54 Å². The highest BCUT2D eigenvalue weighted by atomic mass is 16.2. The third kappa shape index (κ3) is 4.38. The van der Waals surface area contributed by atoms with Crippen molar-refractivity contribution in [2.75, 3.05) is 12.4 Å². The standard InChI is InChI=1S/C24H23N5O/c1-28-16-19(20-7-3-4-8-21(20)28)17-29(2)24(30)13-11-18-10-12-23(26-15-18)27-22-9-5-6-14-25-22/h3-16H,17H2,1-2H3,(H,25,26,27)/b13-11+. The fourth-order valence-electron chi connectivity index (χ4n) is 3.33. The Kier molecular flexibility index (Phi) is 5.57. The van der Waals surface area contributed by atoms with Crippen LogP contribution in [0, 0.1) is 0 Å². The van der Waals surface area contributed by atoms with Crippen LogP contribution < -0.4 is 5.32 Å². The summed E-state index contributed by atoms with van der Waals surface area (Å²) in [4.78, 5) is 22.9. The van der Waals surface area contributed by atoms with Crippen molar-refractivity contribution >= 4 is 34.5 Å². The summed E-state index contributed by atoms with van der Waals surface area (Å²) in [6.45, 7) is 0.551. The SMILES string of the molecule is CN(Cc1cn(C)c2ccccc12)C(=O)/C=C/c1ccc(Nc2ccccn2)nc1. The highest BCUT2D eigenvalue weighted by Gasteiger charge is 2.11. The Labute approximate surface area is 175 Å². The zero-order valence-electron chi connectivity index (χ0n) is 17.0. The van der Waals surface area contributed by atoms with Crippen LogP contribution in [0.2, 0.25) is 0 Å². The van der Waals surface area contributed by atoms with Crippen molar-refractivity contribution in [1.82, 2.24) is 19.4 Å². The molecule has 3 heterocycles. The molecule has 0 atom stereocenters. The number of anilines is 2. The maximum atomic E-state index is 12.6.